The minimum atomic E-state index is 0.545. The molecule has 1 aromatic rings. The molecular formula is C12H18N4O. The molecule has 92 valence electrons. The van der Waals surface area contributed by atoms with Crippen LogP contribution in [0.3, 0.4) is 0 Å². The predicted molar refractivity (Wildman–Crippen MR) is 68.0 cm³/mol. The maximum absolute atomic E-state index is 9.11. The van der Waals surface area contributed by atoms with Crippen molar-refractivity contribution in [3.05, 3.63) is 24.5 Å². The van der Waals surface area contributed by atoms with E-state index < -0.39 is 0 Å². The second-order valence-electron chi connectivity index (χ2n) is 3.51. The van der Waals surface area contributed by atoms with Crippen LogP contribution in [0.5, 0.6) is 0 Å². The van der Waals surface area contributed by atoms with Crippen LogP contribution in [-0.2, 0) is 4.79 Å². The molecule has 2 heterocycles. The van der Waals surface area contributed by atoms with Crippen LogP contribution in [0, 0.1) is 0 Å². The summed E-state index contributed by atoms with van der Waals surface area (Å²) in [5, 5.41) is 3.32. The molecule has 1 fully saturated rings. The van der Waals surface area contributed by atoms with Gasteiger partial charge in [0.2, 0.25) is 6.08 Å². The van der Waals surface area contributed by atoms with E-state index in [4.69, 9.17) is 4.79 Å². The SMILES string of the molecule is CCN=C=O.c1cncc(N2CCNCC2)c1. The highest BCUT2D eigenvalue weighted by Crippen LogP contribution is 2.11. The normalized spacial score (nSPS) is 14.3. The molecule has 1 aliphatic heterocycles. The van der Waals surface area contributed by atoms with E-state index in [9.17, 15) is 0 Å². The van der Waals surface area contributed by atoms with Crippen molar-refractivity contribution < 1.29 is 4.79 Å². The average Bonchev–Trinajstić information content (AvgIpc) is 2.42. The summed E-state index contributed by atoms with van der Waals surface area (Å²) in [6.07, 6.45) is 5.13. The van der Waals surface area contributed by atoms with Gasteiger partial charge in [-0.3, -0.25) is 4.98 Å². The Bertz CT molecular complexity index is 343. The highest BCUT2D eigenvalue weighted by atomic mass is 16.1. The lowest BCUT2D eigenvalue weighted by Gasteiger charge is -2.28. The van der Waals surface area contributed by atoms with E-state index in [0.717, 1.165) is 26.2 Å². The molecule has 0 radical (unpaired) electrons. The van der Waals surface area contributed by atoms with Crippen molar-refractivity contribution in [1.82, 2.24) is 10.3 Å². The van der Waals surface area contributed by atoms with Gasteiger partial charge in [-0.05, 0) is 19.1 Å². The fourth-order valence-electron chi connectivity index (χ4n) is 1.53. The Morgan fingerprint density at radius 2 is 2.29 bits per heavy atom. The zero-order valence-corrected chi connectivity index (χ0v) is 10.1. The number of anilines is 1. The first kappa shape index (κ1) is 13.4. The molecule has 5 heteroatoms. The number of piperazine rings is 1. The Labute approximate surface area is 102 Å². The summed E-state index contributed by atoms with van der Waals surface area (Å²) in [6.45, 7) is 6.66. The smallest absolute Gasteiger partial charge is 0.234 e. The number of aromatic nitrogens is 1. The molecular weight excluding hydrogens is 216 g/mol. The quantitative estimate of drug-likeness (QED) is 0.608. The van der Waals surface area contributed by atoms with Gasteiger partial charge in [0.05, 0.1) is 11.9 Å². The van der Waals surface area contributed by atoms with E-state index in [2.05, 4.69) is 26.3 Å². The Balaban J connectivity index is 0.000000249. The van der Waals surface area contributed by atoms with Crippen LogP contribution in [0.4, 0.5) is 5.69 Å². The number of hydrogen-bond donors (Lipinski definition) is 1. The van der Waals surface area contributed by atoms with E-state index in [1.54, 1.807) is 6.92 Å². The van der Waals surface area contributed by atoms with E-state index in [-0.39, 0.29) is 0 Å². The van der Waals surface area contributed by atoms with Gasteiger partial charge in [-0.25, -0.2) is 9.79 Å². The fraction of sp³-hybridized carbons (Fsp3) is 0.500. The molecule has 1 aromatic heterocycles. The summed E-state index contributed by atoms with van der Waals surface area (Å²) in [4.78, 5) is 18.7. The zero-order valence-electron chi connectivity index (χ0n) is 10.1. The van der Waals surface area contributed by atoms with Gasteiger partial charge in [0.15, 0.2) is 0 Å². The van der Waals surface area contributed by atoms with E-state index in [1.807, 2.05) is 18.5 Å². The predicted octanol–water partition coefficient (Wildman–Crippen LogP) is 0.833. The van der Waals surface area contributed by atoms with Gasteiger partial charge >= 0.3 is 0 Å². The molecule has 1 saturated heterocycles. The summed E-state index contributed by atoms with van der Waals surface area (Å²) in [5.74, 6) is 0. The summed E-state index contributed by atoms with van der Waals surface area (Å²) in [7, 11) is 0. The van der Waals surface area contributed by atoms with Gasteiger partial charge in [0, 0.05) is 38.9 Å². The maximum atomic E-state index is 9.11. The van der Waals surface area contributed by atoms with E-state index >= 15 is 0 Å². The third-order valence-corrected chi connectivity index (χ3v) is 2.35. The summed E-state index contributed by atoms with van der Waals surface area (Å²) < 4.78 is 0. The first-order chi connectivity index (χ1) is 8.38. The third kappa shape index (κ3) is 5.24. The van der Waals surface area contributed by atoms with Gasteiger partial charge in [-0.1, -0.05) is 0 Å². The van der Waals surface area contributed by atoms with Crippen molar-refractivity contribution in [2.24, 2.45) is 4.99 Å². The second-order valence-corrected chi connectivity index (χ2v) is 3.51. The third-order valence-electron chi connectivity index (χ3n) is 2.35. The molecule has 0 aliphatic carbocycles. The molecule has 17 heavy (non-hydrogen) atoms. The van der Waals surface area contributed by atoms with Crippen molar-refractivity contribution in [2.45, 2.75) is 6.92 Å². The standard InChI is InChI=1S/C9H13N3.C3H5NO/c1-2-9(8-11-3-1)12-6-4-10-5-7-12;1-2-4-3-5/h1-3,8,10H,4-7H2;2H2,1H3. The summed E-state index contributed by atoms with van der Waals surface area (Å²) >= 11 is 0. The molecule has 5 nitrogen and oxygen atoms in total. The van der Waals surface area contributed by atoms with Crippen LogP contribution in [0.25, 0.3) is 0 Å². The summed E-state index contributed by atoms with van der Waals surface area (Å²) in [6, 6.07) is 4.09. The van der Waals surface area contributed by atoms with Gasteiger partial charge in [-0.2, -0.15) is 0 Å². The molecule has 0 unspecified atom stereocenters. The van der Waals surface area contributed by atoms with Gasteiger partial charge < -0.3 is 10.2 Å². The van der Waals surface area contributed by atoms with Crippen LogP contribution < -0.4 is 10.2 Å². The van der Waals surface area contributed by atoms with Crippen LogP contribution in [-0.4, -0.2) is 43.8 Å². The van der Waals surface area contributed by atoms with Gasteiger partial charge in [-0.15, -0.1) is 0 Å². The number of rotatable bonds is 2. The van der Waals surface area contributed by atoms with Crippen LogP contribution >= 0.6 is 0 Å². The van der Waals surface area contributed by atoms with Crippen LogP contribution in [0.2, 0.25) is 0 Å². The van der Waals surface area contributed by atoms with Gasteiger partial charge in [0.25, 0.3) is 0 Å². The van der Waals surface area contributed by atoms with E-state index in [0.29, 0.717) is 6.54 Å². The number of nitrogens with zero attached hydrogens (tertiary/aromatic N) is 3. The Kier molecular flexibility index (Phi) is 6.63. The van der Waals surface area contributed by atoms with Gasteiger partial charge in [0.1, 0.15) is 0 Å². The Morgan fingerprint density at radius 1 is 1.53 bits per heavy atom. The van der Waals surface area contributed by atoms with Crippen molar-refractivity contribution in [3.8, 4) is 0 Å². The van der Waals surface area contributed by atoms with Crippen molar-refractivity contribution >= 4 is 11.8 Å². The number of aliphatic imine (C=N–C) groups is 1. The fourth-order valence-corrected chi connectivity index (χ4v) is 1.53. The minimum absolute atomic E-state index is 0.545. The molecule has 0 spiro atoms. The van der Waals surface area contributed by atoms with E-state index in [1.165, 1.54) is 11.8 Å². The molecule has 0 bridgehead atoms. The first-order valence-corrected chi connectivity index (χ1v) is 5.77. The minimum Gasteiger partial charge on any atom is -0.368 e. The highest BCUT2D eigenvalue weighted by Gasteiger charge is 2.08. The monoisotopic (exact) mass is 234 g/mol. The van der Waals surface area contributed by atoms with Crippen molar-refractivity contribution in [3.63, 3.8) is 0 Å². The first-order valence-electron chi connectivity index (χ1n) is 5.77. The molecule has 1 N–H and O–H groups in total. The topological polar surface area (TPSA) is 57.6 Å². The number of hydrogen-bond acceptors (Lipinski definition) is 5. The molecule has 0 aromatic carbocycles. The number of pyridine rings is 1. The lowest BCUT2D eigenvalue weighted by Crippen LogP contribution is -2.43. The molecule has 0 saturated carbocycles. The number of nitrogens with one attached hydrogen (secondary N) is 1. The highest BCUT2D eigenvalue weighted by molar-refractivity contribution is 5.43. The Hall–Kier alpha value is -1.71. The zero-order chi connectivity index (χ0) is 12.3. The number of isocyanates is 1. The second kappa shape index (κ2) is 8.44. The lowest BCUT2D eigenvalue weighted by atomic mass is 10.3. The van der Waals surface area contributed by atoms with Crippen LogP contribution in [0.15, 0.2) is 29.5 Å². The molecule has 0 atom stereocenters. The molecule has 0 amide bonds. The lowest BCUT2D eigenvalue weighted by molar-refractivity contribution is 0.563. The van der Waals surface area contributed by atoms with Crippen molar-refractivity contribution in [1.29, 1.82) is 0 Å². The van der Waals surface area contributed by atoms with Crippen molar-refractivity contribution in [2.75, 3.05) is 37.6 Å². The molecule has 2 rings (SSSR count). The largest absolute Gasteiger partial charge is 0.368 e. The average molecular weight is 234 g/mol. The maximum Gasteiger partial charge on any atom is 0.234 e. The Morgan fingerprint density at radius 3 is 2.76 bits per heavy atom. The number of carbonyl (C=O) groups excluding carboxylic acids is 1. The summed E-state index contributed by atoms with van der Waals surface area (Å²) in [5.41, 5.74) is 1.24. The van der Waals surface area contributed by atoms with Crippen LogP contribution in [0.1, 0.15) is 6.92 Å². The molecule has 1 aliphatic rings.